The lowest BCUT2D eigenvalue weighted by Crippen LogP contribution is -2.67. The average Bonchev–Trinajstić information content (AvgIpc) is 2.57. The molecule has 0 amide bonds. The molecule has 1 heterocycles. The van der Waals surface area contributed by atoms with Crippen molar-refractivity contribution in [2.24, 2.45) is 0 Å². The maximum atomic E-state index is 12.8. The van der Waals surface area contributed by atoms with Crippen LogP contribution in [0.15, 0.2) is 18.2 Å². The van der Waals surface area contributed by atoms with Crippen molar-refractivity contribution < 1.29 is 22.4 Å². The Morgan fingerprint density at radius 3 is 2.33 bits per heavy atom. The molecule has 4 aliphatic rings. The summed E-state index contributed by atoms with van der Waals surface area (Å²) >= 11 is 0. The van der Waals surface area contributed by atoms with Crippen molar-refractivity contribution in [1.82, 2.24) is 0 Å². The van der Waals surface area contributed by atoms with Crippen LogP contribution in [0.5, 0.6) is 11.5 Å². The molecule has 2 nitrogen and oxygen atoms in total. The van der Waals surface area contributed by atoms with Gasteiger partial charge in [0.15, 0.2) is 11.5 Å². The first-order chi connectivity index (χ1) is 8.44. The molecule has 0 spiro atoms. The third kappa shape index (κ3) is 1.07. The van der Waals surface area contributed by atoms with Gasteiger partial charge in [0, 0.05) is 0 Å². The van der Waals surface area contributed by atoms with Crippen LogP contribution in [-0.2, 0) is 5.41 Å². The Balaban J connectivity index is 1.61. The molecule has 0 unspecified atom stereocenters. The van der Waals surface area contributed by atoms with Crippen LogP contribution >= 0.6 is 0 Å². The summed E-state index contributed by atoms with van der Waals surface area (Å²) in [6.07, 6.45) is 0.759. The molecule has 0 N–H and O–H groups in total. The fraction of sp³-hybridized carbons (Fsp3) is 0.500. The van der Waals surface area contributed by atoms with Gasteiger partial charge in [0.2, 0.25) is 6.79 Å². The van der Waals surface area contributed by atoms with E-state index in [1.807, 2.05) is 12.1 Å². The van der Waals surface area contributed by atoms with Crippen molar-refractivity contribution in [2.45, 2.75) is 30.0 Å². The zero-order valence-electron chi connectivity index (χ0n) is 9.59. The van der Waals surface area contributed by atoms with Gasteiger partial charge in [-0.15, -0.1) is 0 Å². The van der Waals surface area contributed by atoms with E-state index in [1.165, 1.54) is 0 Å². The molecule has 3 saturated carbocycles. The SMILES string of the molecule is F[B-](F)(F)C12CC(c3ccc4c(c3)OCO4)(C1)C2. The Labute approximate surface area is 102 Å². The van der Waals surface area contributed by atoms with E-state index in [4.69, 9.17) is 9.47 Å². The van der Waals surface area contributed by atoms with Gasteiger partial charge < -0.3 is 22.4 Å². The molecule has 1 aromatic carbocycles. The van der Waals surface area contributed by atoms with E-state index in [-0.39, 0.29) is 31.5 Å². The summed E-state index contributed by atoms with van der Waals surface area (Å²) in [6, 6.07) is 5.51. The van der Waals surface area contributed by atoms with Crippen LogP contribution in [0.2, 0.25) is 5.31 Å². The number of rotatable bonds is 2. The van der Waals surface area contributed by atoms with Crippen LogP contribution in [0.3, 0.4) is 0 Å². The molecular formula is C12H11BF3O2-. The van der Waals surface area contributed by atoms with Crippen molar-refractivity contribution in [3.05, 3.63) is 23.8 Å². The smallest absolute Gasteiger partial charge is 0.454 e. The second kappa shape index (κ2) is 2.81. The quantitative estimate of drug-likeness (QED) is 0.753. The summed E-state index contributed by atoms with van der Waals surface area (Å²) in [4.78, 5) is 0. The summed E-state index contributed by atoms with van der Waals surface area (Å²) in [6.45, 7) is -4.50. The third-order valence-electron chi connectivity index (χ3n) is 4.75. The minimum Gasteiger partial charge on any atom is -0.454 e. The van der Waals surface area contributed by atoms with E-state index in [9.17, 15) is 12.9 Å². The van der Waals surface area contributed by atoms with E-state index in [0.717, 1.165) is 5.56 Å². The molecule has 0 aromatic heterocycles. The number of hydrogen-bond donors (Lipinski definition) is 0. The number of ether oxygens (including phenoxy) is 2. The molecule has 0 atom stereocenters. The maximum Gasteiger partial charge on any atom is 0.484 e. The van der Waals surface area contributed by atoms with Crippen molar-refractivity contribution in [1.29, 1.82) is 0 Å². The van der Waals surface area contributed by atoms with E-state index in [0.29, 0.717) is 11.5 Å². The van der Waals surface area contributed by atoms with Gasteiger partial charge in [-0.05, 0) is 23.1 Å². The molecule has 96 valence electrons. The molecule has 0 saturated heterocycles. The Kier molecular flexibility index (Phi) is 1.65. The van der Waals surface area contributed by atoms with E-state index >= 15 is 0 Å². The van der Waals surface area contributed by atoms with Crippen molar-refractivity contribution in [3.8, 4) is 11.5 Å². The fourth-order valence-corrected chi connectivity index (χ4v) is 3.75. The molecular weight excluding hydrogens is 244 g/mol. The van der Waals surface area contributed by atoms with Gasteiger partial charge in [0.1, 0.15) is 0 Å². The Hall–Kier alpha value is -1.33. The molecule has 6 heteroatoms. The first-order valence-electron chi connectivity index (χ1n) is 6.04. The number of halogens is 3. The predicted molar refractivity (Wildman–Crippen MR) is 59.9 cm³/mol. The molecule has 1 aromatic rings. The average molecular weight is 255 g/mol. The molecule has 3 aliphatic carbocycles. The lowest BCUT2D eigenvalue weighted by atomic mass is 9.23. The van der Waals surface area contributed by atoms with Gasteiger partial charge in [0.05, 0.1) is 0 Å². The van der Waals surface area contributed by atoms with Crippen LogP contribution in [0, 0.1) is 0 Å². The molecule has 18 heavy (non-hydrogen) atoms. The van der Waals surface area contributed by atoms with E-state index in [1.54, 1.807) is 6.07 Å². The van der Waals surface area contributed by atoms with Crippen molar-refractivity contribution in [3.63, 3.8) is 0 Å². The van der Waals surface area contributed by atoms with Gasteiger partial charge >= 0.3 is 6.98 Å². The largest absolute Gasteiger partial charge is 0.484 e. The maximum absolute atomic E-state index is 12.8. The Bertz CT molecular complexity index is 521. The lowest BCUT2D eigenvalue weighted by molar-refractivity contribution is -0.0401. The summed E-state index contributed by atoms with van der Waals surface area (Å²) < 4.78 is 49.0. The predicted octanol–water partition coefficient (Wildman–Crippen LogP) is 3.44. The highest BCUT2D eigenvalue weighted by molar-refractivity contribution is 6.63. The second-order valence-corrected chi connectivity index (χ2v) is 5.82. The molecule has 3 fully saturated rings. The van der Waals surface area contributed by atoms with Gasteiger partial charge in [-0.3, -0.25) is 0 Å². The van der Waals surface area contributed by atoms with Crippen LogP contribution in [0.1, 0.15) is 24.8 Å². The Morgan fingerprint density at radius 1 is 1.00 bits per heavy atom. The van der Waals surface area contributed by atoms with Gasteiger partial charge in [-0.1, -0.05) is 30.6 Å². The van der Waals surface area contributed by atoms with Crippen LogP contribution in [-0.4, -0.2) is 13.8 Å². The van der Waals surface area contributed by atoms with Crippen LogP contribution in [0.25, 0.3) is 0 Å². The molecule has 2 bridgehead atoms. The standard InChI is InChI=1S/C12H11BF3O2/c14-13(15,16)12-4-11(5-12,6-12)8-1-2-9-10(3-8)18-7-17-9/h1-3H,4-7H2/q-1. The summed E-state index contributed by atoms with van der Waals surface area (Å²) in [5.74, 6) is 1.34. The second-order valence-electron chi connectivity index (χ2n) is 5.82. The molecule has 5 rings (SSSR count). The first kappa shape index (κ1) is 10.6. The number of fused-ring (bicyclic) bond motifs is 1. The monoisotopic (exact) mass is 255 g/mol. The summed E-state index contributed by atoms with van der Waals surface area (Å²) in [5.41, 5.74) is 0.715. The highest BCUT2D eigenvalue weighted by Crippen LogP contribution is 2.82. The lowest BCUT2D eigenvalue weighted by Gasteiger charge is -2.75. The minimum absolute atomic E-state index is 0.196. The zero-order chi connectivity index (χ0) is 12.6. The number of hydrogen-bond acceptors (Lipinski definition) is 2. The normalized spacial score (nSPS) is 35.9. The van der Waals surface area contributed by atoms with Crippen LogP contribution in [0.4, 0.5) is 12.9 Å². The highest BCUT2D eigenvalue weighted by atomic mass is 19.4. The molecule has 0 radical (unpaired) electrons. The van der Waals surface area contributed by atoms with E-state index in [2.05, 4.69) is 0 Å². The number of benzene rings is 1. The van der Waals surface area contributed by atoms with Gasteiger partial charge in [-0.25, -0.2) is 0 Å². The van der Waals surface area contributed by atoms with Crippen molar-refractivity contribution >= 4 is 6.98 Å². The minimum atomic E-state index is -4.70. The topological polar surface area (TPSA) is 18.5 Å². The molecule has 1 aliphatic heterocycles. The zero-order valence-corrected chi connectivity index (χ0v) is 9.59. The summed E-state index contributed by atoms with van der Waals surface area (Å²) in [7, 11) is 0. The van der Waals surface area contributed by atoms with Gasteiger partial charge in [0.25, 0.3) is 0 Å². The summed E-state index contributed by atoms with van der Waals surface area (Å²) in [5, 5.41) is -1.34. The van der Waals surface area contributed by atoms with E-state index < -0.39 is 12.3 Å². The third-order valence-corrected chi connectivity index (χ3v) is 4.75. The Morgan fingerprint density at radius 2 is 1.67 bits per heavy atom. The van der Waals surface area contributed by atoms with Crippen molar-refractivity contribution in [2.75, 3.05) is 6.79 Å². The first-order valence-corrected chi connectivity index (χ1v) is 6.04. The van der Waals surface area contributed by atoms with Gasteiger partial charge in [-0.2, -0.15) is 0 Å². The highest BCUT2D eigenvalue weighted by Gasteiger charge is 2.74. The fourth-order valence-electron chi connectivity index (χ4n) is 3.75. The van der Waals surface area contributed by atoms with Crippen LogP contribution < -0.4 is 9.47 Å².